The van der Waals surface area contributed by atoms with Gasteiger partial charge in [0, 0.05) is 5.41 Å². The van der Waals surface area contributed by atoms with Crippen molar-refractivity contribution in [2.75, 3.05) is 7.11 Å². The number of hydrogen-bond acceptors (Lipinski definition) is 1. The molecule has 0 aliphatic heterocycles. The Bertz CT molecular complexity index is 451. The van der Waals surface area contributed by atoms with E-state index < -0.39 is 0 Å². The Morgan fingerprint density at radius 1 is 1.22 bits per heavy atom. The first-order chi connectivity index (χ1) is 8.62. The molecule has 0 aliphatic rings. The molecule has 1 heteroatoms. The van der Waals surface area contributed by atoms with Crippen LogP contribution in [-0.2, 0) is 5.41 Å². The van der Waals surface area contributed by atoms with Gasteiger partial charge < -0.3 is 4.74 Å². The molecule has 18 heavy (non-hydrogen) atoms. The summed E-state index contributed by atoms with van der Waals surface area (Å²) in [4.78, 5) is 0. The molecule has 0 radical (unpaired) electrons. The lowest BCUT2D eigenvalue weighted by Gasteiger charge is -2.28. The molecule has 0 N–H and O–H groups in total. The molecule has 1 aromatic carbocycles. The second-order valence-corrected chi connectivity index (χ2v) is 4.38. The van der Waals surface area contributed by atoms with Crippen molar-refractivity contribution in [2.24, 2.45) is 0 Å². The molecule has 0 saturated heterocycles. The van der Waals surface area contributed by atoms with E-state index >= 15 is 0 Å². The Hall–Kier alpha value is -1.76. The first-order valence-corrected chi connectivity index (χ1v) is 6.20. The van der Waals surface area contributed by atoms with Gasteiger partial charge in [0.25, 0.3) is 0 Å². The predicted octanol–water partition coefficient (Wildman–Crippen LogP) is 4.66. The first-order valence-electron chi connectivity index (χ1n) is 6.20. The van der Waals surface area contributed by atoms with Crippen molar-refractivity contribution in [3.63, 3.8) is 0 Å². The summed E-state index contributed by atoms with van der Waals surface area (Å²) in [5, 5.41) is 0. The predicted molar refractivity (Wildman–Crippen MR) is 79.1 cm³/mol. The summed E-state index contributed by atoms with van der Waals surface area (Å²) in [5.41, 5.74) is 2.28. The normalized spacial score (nSPS) is 15.4. The Labute approximate surface area is 110 Å². The van der Waals surface area contributed by atoms with E-state index in [0.29, 0.717) is 0 Å². The van der Waals surface area contributed by atoms with Crippen molar-refractivity contribution in [3.8, 4) is 5.75 Å². The third-order valence-corrected chi connectivity index (χ3v) is 3.35. The summed E-state index contributed by atoms with van der Waals surface area (Å²) in [6.45, 7) is 10.3. The van der Waals surface area contributed by atoms with Crippen LogP contribution < -0.4 is 4.74 Å². The Morgan fingerprint density at radius 3 is 2.22 bits per heavy atom. The molecule has 0 bridgehead atoms. The zero-order valence-corrected chi connectivity index (χ0v) is 11.7. The van der Waals surface area contributed by atoms with E-state index in [-0.39, 0.29) is 5.41 Å². The zero-order chi connectivity index (χ0) is 13.6. The van der Waals surface area contributed by atoms with Gasteiger partial charge in [-0.15, -0.1) is 6.58 Å². The fraction of sp³-hybridized carbons (Fsp3) is 0.294. The lowest BCUT2D eigenvalue weighted by Crippen LogP contribution is -2.20. The van der Waals surface area contributed by atoms with Crippen LogP contribution >= 0.6 is 0 Å². The van der Waals surface area contributed by atoms with Crippen LogP contribution in [0.25, 0.3) is 0 Å². The smallest absolute Gasteiger partial charge is 0.118 e. The topological polar surface area (TPSA) is 9.23 Å². The Kier molecular flexibility index (Phi) is 4.96. The standard InChI is InChI=1S/C17H22O/c1-6-9-14(7-2)17(4,8-3)15-10-12-16(18-5)13-11-15/h6-13H,3H2,1-2,4-5H3/b9-6-,14-7+. The van der Waals surface area contributed by atoms with Gasteiger partial charge in [-0.3, -0.25) is 0 Å². The average Bonchev–Trinajstić information content (AvgIpc) is 2.44. The molecule has 0 amide bonds. The highest BCUT2D eigenvalue weighted by molar-refractivity contribution is 5.46. The van der Waals surface area contributed by atoms with Crippen LogP contribution in [0.1, 0.15) is 26.3 Å². The number of benzene rings is 1. The lowest BCUT2D eigenvalue weighted by atomic mass is 9.75. The van der Waals surface area contributed by atoms with Gasteiger partial charge in [-0.2, -0.15) is 0 Å². The third kappa shape index (κ3) is 2.73. The van der Waals surface area contributed by atoms with E-state index in [1.807, 2.05) is 25.1 Å². The van der Waals surface area contributed by atoms with Crippen molar-refractivity contribution in [1.29, 1.82) is 0 Å². The molecule has 1 rings (SSSR count). The van der Waals surface area contributed by atoms with Gasteiger partial charge in [-0.05, 0) is 44.0 Å². The van der Waals surface area contributed by atoms with Crippen LogP contribution in [-0.4, -0.2) is 7.11 Å². The maximum Gasteiger partial charge on any atom is 0.118 e. The highest BCUT2D eigenvalue weighted by Gasteiger charge is 2.25. The summed E-state index contributed by atoms with van der Waals surface area (Å²) in [6.07, 6.45) is 8.31. The SMILES string of the molecule is C=CC(C)(C(/C=C\C)=C/C)c1ccc(OC)cc1. The van der Waals surface area contributed by atoms with Gasteiger partial charge in [0.05, 0.1) is 7.11 Å². The first kappa shape index (κ1) is 14.3. The minimum atomic E-state index is -0.173. The highest BCUT2D eigenvalue weighted by Crippen LogP contribution is 2.34. The maximum absolute atomic E-state index is 5.20. The second kappa shape index (κ2) is 6.25. The van der Waals surface area contributed by atoms with Crippen LogP contribution in [0.15, 0.2) is 60.7 Å². The summed E-state index contributed by atoms with van der Waals surface area (Å²) >= 11 is 0. The van der Waals surface area contributed by atoms with Crippen molar-refractivity contribution in [2.45, 2.75) is 26.2 Å². The molecule has 1 unspecified atom stereocenters. The van der Waals surface area contributed by atoms with Crippen LogP contribution in [0.4, 0.5) is 0 Å². The van der Waals surface area contributed by atoms with Crippen LogP contribution in [0.3, 0.4) is 0 Å². The maximum atomic E-state index is 5.20. The number of rotatable bonds is 5. The van der Waals surface area contributed by atoms with Gasteiger partial charge >= 0.3 is 0 Å². The van der Waals surface area contributed by atoms with E-state index in [1.54, 1.807) is 7.11 Å². The van der Waals surface area contributed by atoms with Crippen molar-refractivity contribution >= 4 is 0 Å². The Morgan fingerprint density at radius 2 is 1.83 bits per heavy atom. The van der Waals surface area contributed by atoms with E-state index in [9.17, 15) is 0 Å². The monoisotopic (exact) mass is 242 g/mol. The molecule has 1 aromatic rings. The van der Waals surface area contributed by atoms with Crippen LogP contribution in [0.5, 0.6) is 5.75 Å². The minimum absolute atomic E-state index is 0.173. The molecule has 0 heterocycles. The summed E-state index contributed by atoms with van der Waals surface area (Å²) in [7, 11) is 1.68. The van der Waals surface area contributed by atoms with Gasteiger partial charge in [-0.1, -0.05) is 36.4 Å². The molecule has 0 fully saturated rings. The molecule has 0 aromatic heterocycles. The summed E-state index contributed by atoms with van der Waals surface area (Å²) in [6, 6.07) is 8.15. The van der Waals surface area contributed by atoms with Gasteiger partial charge in [0.2, 0.25) is 0 Å². The fourth-order valence-corrected chi connectivity index (χ4v) is 2.09. The molecule has 0 saturated carbocycles. The van der Waals surface area contributed by atoms with Crippen molar-refractivity contribution < 1.29 is 4.74 Å². The van der Waals surface area contributed by atoms with Gasteiger partial charge in [-0.25, -0.2) is 0 Å². The largest absolute Gasteiger partial charge is 0.497 e. The van der Waals surface area contributed by atoms with Crippen molar-refractivity contribution in [1.82, 2.24) is 0 Å². The minimum Gasteiger partial charge on any atom is -0.497 e. The van der Waals surface area contributed by atoms with E-state index in [2.05, 4.69) is 50.8 Å². The number of ether oxygens (including phenoxy) is 1. The lowest BCUT2D eigenvalue weighted by molar-refractivity contribution is 0.414. The molecule has 1 nitrogen and oxygen atoms in total. The Balaban J connectivity index is 3.25. The van der Waals surface area contributed by atoms with E-state index in [4.69, 9.17) is 4.74 Å². The van der Waals surface area contributed by atoms with Crippen LogP contribution in [0, 0.1) is 0 Å². The zero-order valence-electron chi connectivity index (χ0n) is 11.7. The highest BCUT2D eigenvalue weighted by atomic mass is 16.5. The molecule has 0 spiro atoms. The molecule has 1 atom stereocenters. The average molecular weight is 242 g/mol. The third-order valence-electron chi connectivity index (χ3n) is 3.35. The summed E-state index contributed by atoms with van der Waals surface area (Å²) < 4.78 is 5.20. The number of methoxy groups -OCH3 is 1. The van der Waals surface area contributed by atoms with Crippen molar-refractivity contribution in [3.05, 3.63) is 66.3 Å². The number of allylic oxidation sites excluding steroid dienone is 5. The van der Waals surface area contributed by atoms with Gasteiger partial charge in [0.15, 0.2) is 0 Å². The molecular formula is C17H22O. The number of hydrogen-bond donors (Lipinski definition) is 0. The van der Waals surface area contributed by atoms with E-state index in [0.717, 1.165) is 5.75 Å². The molecule has 96 valence electrons. The quantitative estimate of drug-likeness (QED) is 0.539. The molecule has 0 aliphatic carbocycles. The molecular weight excluding hydrogens is 220 g/mol. The van der Waals surface area contributed by atoms with Gasteiger partial charge in [0.1, 0.15) is 5.75 Å². The van der Waals surface area contributed by atoms with E-state index in [1.165, 1.54) is 11.1 Å². The van der Waals surface area contributed by atoms with Crippen LogP contribution in [0.2, 0.25) is 0 Å². The fourth-order valence-electron chi connectivity index (χ4n) is 2.09. The summed E-state index contributed by atoms with van der Waals surface area (Å²) in [5.74, 6) is 0.873. The second-order valence-electron chi connectivity index (χ2n) is 4.38.